The predicted molar refractivity (Wildman–Crippen MR) is 101 cm³/mol. The molecular formula is C20H32O2S. The lowest BCUT2D eigenvalue weighted by Crippen LogP contribution is -2.25. The molecule has 0 saturated heterocycles. The minimum Gasteiger partial charge on any atom is -0.507 e. The standard InChI is InChI=1S/C20H32O2S/c1-5-6-7-8-9-10-11-18(23)17-12-16-15(4)19(21)13(2)14(3)20(16)22-17/h17-18,21,23H,5-12H2,1-4H3. The van der Waals surface area contributed by atoms with E-state index in [1.807, 2.05) is 20.8 Å². The highest BCUT2D eigenvalue weighted by Crippen LogP contribution is 2.43. The van der Waals surface area contributed by atoms with Crippen LogP contribution in [0.3, 0.4) is 0 Å². The van der Waals surface area contributed by atoms with E-state index in [9.17, 15) is 5.11 Å². The van der Waals surface area contributed by atoms with Crippen molar-refractivity contribution in [3.63, 3.8) is 0 Å². The summed E-state index contributed by atoms with van der Waals surface area (Å²) in [6, 6.07) is 0. The molecule has 2 atom stereocenters. The van der Waals surface area contributed by atoms with Crippen LogP contribution in [-0.2, 0) is 6.42 Å². The molecule has 0 bridgehead atoms. The molecule has 0 saturated carbocycles. The molecule has 1 aromatic carbocycles. The highest BCUT2D eigenvalue weighted by atomic mass is 32.1. The number of unbranched alkanes of at least 4 members (excludes halogenated alkanes) is 5. The molecule has 23 heavy (non-hydrogen) atoms. The molecule has 0 amide bonds. The summed E-state index contributed by atoms with van der Waals surface area (Å²) in [5, 5.41) is 10.5. The maximum absolute atomic E-state index is 10.2. The first-order valence-corrected chi connectivity index (χ1v) is 9.65. The molecule has 2 unspecified atom stereocenters. The molecule has 0 aromatic heterocycles. The second-order valence-corrected chi connectivity index (χ2v) is 7.68. The van der Waals surface area contributed by atoms with Crippen LogP contribution in [0, 0.1) is 20.8 Å². The second kappa shape index (κ2) is 8.32. The van der Waals surface area contributed by atoms with Gasteiger partial charge in [-0.25, -0.2) is 0 Å². The normalized spacial score (nSPS) is 17.9. The van der Waals surface area contributed by atoms with Gasteiger partial charge in [-0.1, -0.05) is 45.4 Å². The molecule has 1 aromatic rings. The van der Waals surface area contributed by atoms with Crippen LogP contribution < -0.4 is 4.74 Å². The number of phenols is 1. The van der Waals surface area contributed by atoms with Gasteiger partial charge in [0.15, 0.2) is 0 Å². The lowest BCUT2D eigenvalue weighted by atomic mass is 9.95. The first-order chi connectivity index (χ1) is 11.0. The number of thiol groups is 1. The van der Waals surface area contributed by atoms with Gasteiger partial charge in [-0.2, -0.15) is 12.6 Å². The van der Waals surface area contributed by atoms with Gasteiger partial charge in [-0.15, -0.1) is 0 Å². The van der Waals surface area contributed by atoms with Crippen LogP contribution in [0.2, 0.25) is 0 Å². The van der Waals surface area contributed by atoms with E-state index in [0.29, 0.717) is 5.75 Å². The third-order valence-electron chi connectivity index (χ3n) is 5.30. The summed E-state index contributed by atoms with van der Waals surface area (Å²) in [7, 11) is 0. The summed E-state index contributed by atoms with van der Waals surface area (Å²) in [6.07, 6.45) is 10.0. The Bertz CT molecular complexity index is 502. The molecule has 130 valence electrons. The fourth-order valence-corrected chi connectivity index (χ4v) is 3.85. The summed E-state index contributed by atoms with van der Waals surface area (Å²) in [5.41, 5.74) is 4.17. The Balaban J connectivity index is 1.89. The maximum atomic E-state index is 10.2. The zero-order valence-corrected chi connectivity index (χ0v) is 16.0. The Hall–Kier alpha value is -0.830. The number of aromatic hydroxyl groups is 1. The third kappa shape index (κ3) is 4.17. The Labute approximate surface area is 147 Å². The quantitative estimate of drug-likeness (QED) is 0.473. The van der Waals surface area contributed by atoms with Crippen molar-refractivity contribution >= 4 is 12.6 Å². The highest BCUT2D eigenvalue weighted by Gasteiger charge is 2.32. The van der Waals surface area contributed by atoms with Gasteiger partial charge in [0.2, 0.25) is 0 Å². The van der Waals surface area contributed by atoms with E-state index in [0.717, 1.165) is 35.3 Å². The third-order valence-corrected chi connectivity index (χ3v) is 5.89. The number of fused-ring (bicyclic) bond motifs is 1. The summed E-state index contributed by atoms with van der Waals surface area (Å²) in [5.74, 6) is 1.42. The number of benzene rings is 1. The van der Waals surface area contributed by atoms with Crippen LogP contribution in [0.1, 0.15) is 74.1 Å². The van der Waals surface area contributed by atoms with Gasteiger partial charge in [0.1, 0.15) is 17.6 Å². The van der Waals surface area contributed by atoms with Crippen molar-refractivity contribution < 1.29 is 9.84 Å². The molecule has 0 fully saturated rings. The molecule has 0 spiro atoms. The molecule has 0 radical (unpaired) electrons. The summed E-state index contributed by atoms with van der Waals surface area (Å²) < 4.78 is 6.22. The van der Waals surface area contributed by atoms with E-state index in [2.05, 4.69) is 6.92 Å². The molecular weight excluding hydrogens is 304 g/mol. The Kier molecular flexibility index (Phi) is 6.70. The predicted octanol–water partition coefficient (Wildman–Crippen LogP) is 5.67. The van der Waals surface area contributed by atoms with Crippen LogP contribution in [-0.4, -0.2) is 16.5 Å². The van der Waals surface area contributed by atoms with E-state index in [4.69, 9.17) is 17.4 Å². The average Bonchev–Trinajstić information content (AvgIpc) is 2.99. The molecule has 1 aliphatic heterocycles. The summed E-state index contributed by atoms with van der Waals surface area (Å²) in [6.45, 7) is 8.25. The first kappa shape index (κ1) is 18.5. The van der Waals surface area contributed by atoms with E-state index < -0.39 is 0 Å². The molecule has 1 heterocycles. The van der Waals surface area contributed by atoms with Crippen molar-refractivity contribution in [3.8, 4) is 11.5 Å². The van der Waals surface area contributed by atoms with Gasteiger partial charge < -0.3 is 9.84 Å². The molecule has 2 nitrogen and oxygen atoms in total. The summed E-state index contributed by atoms with van der Waals surface area (Å²) >= 11 is 4.81. The number of phenolic OH excluding ortho intramolecular Hbond substituents is 1. The summed E-state index contributed by atoms with van der Waals surface area (Å²) in [4.78, 5) is 0. The number of hydrogen-bond donors (Lipinski definition) is 2. The van der Waals surface area contributed by atoms with Crippen molar-refractivity contribution in [1.82, 2.24) is 0 Å². The van der Waals surface area contributed by atoms with E-state index in [1.54, 1.807) is 0 Å². The van der Waals surface area contributed by atoms with Gasteiger partial charge in [0.05, 0.1) is 0 Å². The fraction of sp³-hybridized carbons (Fsp3) is 0.700. The van der Waals surface area contributed by atoms with E-state index in [-0.39, 0.29) is 11.4 Å². The smallest absolute Gasteiger partial charge is 0.126 e. The van der Waals surface area contributed by atoms with Crippen LogP contribution in [0.25, 0.3) is 0 Å². The average molecular weight is 337 g/mol. The van der Waals surface area contributed by atoms with Crippen LogP contribution in [0.15, 0.2) is 0 Å². The van der Waals surface area contributed by atoms with Crippen molar-refractivity contribution in [2.75, 3.05) is 0 Å². The number of ether oxygens (including phenoxy) is 1. The van der Waals surface area contributed by atoms with Crippen LogP contribution in [0.4, 0.5) is 0 Å². The van der Waals surface area contributed by atoms with Gasteiger partial charge in [0.25, 0.3) is 0 Å². The monoisotopic (exact) mass is 336 g/mol. The van der Waals surface area contributed by atoms with Gasteiger partial charge >= 0.3 is 0 Å². The highest BCUT2D eigenvalue weighted by molar-refractivity contribution is 7.81. The van der Waals surface area contributed by atoms with Crippen molar-refractivity contribution in [1.29, 1.82) is 0 Å². The Morgan fingerprint density at radius 2 is 1.70 bits per heavy atom. The fourth-order valence-electron chi connectivity index (χ4n) is 3.50. The van der Waals surface area contributed by atoms with Crippen LogP contribution in [0.5, 0.6) is 11.5 Å². The number of rotatable bonds is 8. The largest absolute Gasteiger partial charge is 0.507 e. The minimum atomic E-state index is 0.141. The van der Waals surface area contributed by atoms with Gasteiger partial charge in [-0.3, -0.25) is 0 Å². The second-order valence-electron chi connectivity index (χ2n) is 7.02. The van der Waals surface area contributed by atoms with Crippen molar-refractivity contribution in [2.45, 2.75) is 90.4 Å². The molecule has 1 N–H and O–H groups in total. The van der Waals surface area contributed by atoms with Crippen LogP contribution >= 0.6 is 12.6 Å². The topological polar surface area (TPSA) is 29.5 Å². The van der Waals surface area contributed by atoms with Gasteiger partial charge in [0, 0.05) is 17.2 Å². The van der Waals surface area contributed by atoms with E-state index >= 15 is 0 Å². The van der Waals surface area contributed by atoms with Crippen molar-refractivity contribution in [3.05, 3.63) is 22.3 Å². The van der Waals surface area contributed by atoms with Crippen molar-refractivity contribution in [2.24, 2.45) is 0 Å². The zero-order valence-electron chi connectivity index (χ0n) is 15.1. The molecule has 1 aliphatic rings. The Morgan fingerprint density at radius 1 is 1.04 bits per heavy atom. The molecule has 3 heteroatoms. The molecule has 0 aliphatic carbocycles. The maximum Gasteiger partial charge on any atom is 0.126 e. The lowest BCUT2D eigenvalue weighted by Gasteiger charge is -2.19. The lowest BCUT2D eigenvalue weighted by molar-refractivity contribution is 0.222. The number of hydrogen-bond acceptors (Lipinski definition) is 3. The Morgan fingerprint density at radius 3 is 2.39 bits per heavy atom. The van der Waals surface area contributed by atoms with Gasteiger partial charge in [-0.05, 0) is 43.9 Å². The zero-order chi connectivity index (χ0) is 17.0. The first-order valence-electron chi connectivity index (χ1n) is 9.13. The molecule has 2 rings (SSSR count). The SMILES string of the molecule is CCCCCCCCC(S)C1Cc2c(C)c(O)c(C)c(C)c2O1. The minimum absolute atomic E-state index is 0.141. The van der Waals surface area contributed by atoms with E-state index in [1.165, 1.54) is 44.1 Å².